The molecule has 0 bridgehead atoms. The number of sulfonamides is 1. The Labute approximate surface area is 293 Å². The summed E-state index contributed by atoms with van der Waals surface area (Å²) < 4.78 is 35.8. The Balaban J connectivity index is 1.85. The van der Waals surface area contributed by atoms with Gasteiger partial charge in [-0.15, -0.1) is 11.8 Å². The van der Waals surface area contributed by atoms with E-state index in [2.05, 4.69) is 5.32 Å². The van der Waals surface area contributed by atoms with Gasteiger partial charge in [-0.05, 0) is 93.6 Å². The first-order valence-corrected chi connectivity index (χ1v) is 18.6. The molecule has 1 N–H and O–H groups in total. The number of para-hydroxylation sites is 2. The second-order valence-electron chi connectivity index (χ2n) is 12.2. The molecule has 8 nitrogen and oxygen atoms in total. The van der Waals surface area contributed by atoms with Crippen LogP contribution in [0.3, 0.4) is 0 Å². The van der Waals surface area contributed by atoms with Crippen molar-refractivity contribution in [1.82, 2.24) is 10.2 Å². The maximum absolute atomic E-state index is 14.7. The second-order valence-corrected chi connectivity index (χ2v) is 15.4. The SMILES string of the molecule is CCOc1ccccc1N(CC(=O)N(Cc1ccc(Cl)cc1)[C@@H](Cc1ccccc1)C(=O)NC(C)(C)C)S(=O)(=O)c1ccc(SC)cc1. The normalized spacial score (nSPS) is 12.2. The van der Waals surface area contributed by atoms with Crippen LogP contribution < -0.4 is 14.4 Å². The molecule has 4 aromatic rings. The molecular formula is C37H42ClN3O5S2. The lowest BCUT2D eigenvalue weighted by Crippen LogP contribution is -2.56. The standard InChI is InChI=1S/C37H42ClN3O5S2/c1-6-46-34-15-11-10-14-32(34)41(48(44,45)31-22-20-30(47-5)21-23-31)26-35(42)40(25-28-16-18-29(38)19-17-28)33(36(43)39-37(2,3)4)24-27-12-8-7-9-13-27/h7-23,33H,6,24-26H2,1-5H3,(H,39,43)/t33-/m0/s1. The summed E-state index contributed by atoms with van der Waals surface area (Å²) >= 11 is 7.67. The lowest BCUT2D eigenvalue weighted by molar-refractivity contribution is -0.140. The Bertz CT molecular complexity index is 1780. The fourth-order valence-electron chi connectivity index (χ4n) is 5.12. The number of thioether (sulfide) groups is 1. The summed E-state index contributed by atoms with van der Waals surface area (Å²) in [5.41, 5.74) is 1.20. The van der Waals surface area contributed by atoms with Gasteiger partial charge >= 0.3 is 0 Å². The van der Waals surface area contributed by atoms with Crippen molar-refractivity contribution in [3.05, 3.63) is 119 Å². The van der Waals surface area contributed by atoms with Gasteiger partial charge in [-0.3, -0.25) is 13.9 Å². The number of carbonyl (C=O) groups excluding carboxylic acids is 2. The van der Waals surface area contributed by atoms with E-state index < -0.39 is 34.1 Å². The number of halogens is 1. The van der Waals surface area contributed by atoms with E-state index in [-0.39, 0.29) is 36.1 Å². The monoisotopic (exact) mass is 707 g/mol. The molecule has 0 radical (unpaired) electrons. The van der Waals surface area contributed by atoms with E-state index in [1.807, 2.05) is 57.4 Å². The van der Waals surface area contributed by atoms with Crippen molar-refractivity contribution in [2.75, 3.05) is 23.7 Å². The zero-order valence-electron chi connectivity index (χ0n) is 27.9. The third kappa shape index (κ3) is 9.78. The summed E-state index contributed by atoms with van der Waals surface area (Å²) in [5.74, 6) is -0.608. The smallest absolute Gasteiger partial charge is 0.264 e. The molecule has 254 valence electrons. The molecule has 11 heteroatoms. The number of benzene rings is 4. The number of nitrogens with zero attached hydrogens (tertiary/aromatic N) is 2. The topological polar surface area (TPSA) is 96.0 Å². The van der Waals surface area contributed by atoms with Crippen LogP contribution >= 0.6 is 23.4 Å². The summed E-state index contributed by atoms with van der Waals surface area (Å²) in [6, 6.07) is 28.7. The van der Waals surface area contributed by atoms with Gasteiger partial charge in [0.25, 0.3) is 10.0 Å². The van der Waals surface area contributed by atoms with Crippen LogP contribution in [0.1, 0.15) is 38.8 Å². The molecule has 0 heterocycles. The molecule has 0 aliphatic rings. The van der Waals surface area contributed by atoms with Gasteiger partial charge in [0.1, 0.15) is 18.3 Å². The lowest BCUT2D eigenvalue weighted by atomic mass is 10.0. The highest BCUT2D eigenvalue weighted by Crippen LogP contribution is 2.33. The molecule has 0 aromatic heterocycles. The van der Waals surface area contributed by atoms with Crippen molar-refractivity contribution in [3.8, 4) is 5.75 Å². The number of rotatable bonds is 14. The average Bonchev–Trinajstić information content (AvgIpc) is 3.06. The molecule has 1 atom stereocenters. The van der Waals surface area contributed by atoms with Crippen LogP contribution in [0.2, 0.25) is 5.02 Å². The first kappa shape index (κ1) is 36.8. The maximum atomic E-state index is 14.7. The minimum absolute atomic E-state index is 0.0231. The highest BCUT2D eigenvalue weighted by atomic mass is 35.5. The predicted molar refractivity (Wildman–Crippen MR) is 194 cm³/mol. The van der Waals surface area contributed by atoms with Crippen LogP contribution in [0.5, 0.6) is 5.75 Å². The summed E-state index contributed by atoms with van der Waals surface area (Å²) in [6.45, 7) is 7.16. The van der Waals surface area contributed by atoms with E-state index in [0.717, 1.165) is 20.3 Å². The number of ether oxygens (including phenoxy) is 1. The minimum Gasteiger partial charge on any atom is -0.492 e. The molecule has 0 spiro atoms. The number of nitrogens with one attached hydrogen (secondary N) is 1. The molecular weight excluding hydrogens is 666 g/mol. The van der Waals surface area contributed by atoms with Crippen LogP contribution in [-0.4, -0.2) is 56.1 Å². The highest BCUT2D eigenvalue weighted by molar-refractivity contribution is 7.98. The van der Waals surface area contributed by atoms with Crippen molar-refractivity contribution in [3.63, 3.8) is 0 Å². The molecule has 0 fully saturated rings. The minimum atomic E-state index is -4.28. The van der Waals surface area contributed by atoms with Gasteiger partial charge in [0.15, 0.2) is 0 Å². The Morgan fingerprint density at radius 3 is 2.10 bits per heavy atom. The average molecular weight is 708 g/mol. The van der Waals surface area contributed by atoms with Gasteiger partial charge in [-0.25, -0.2) is 8.42 Å². The van der Waals surface area contributed by atoms with E-state index in [1.54, 1.807) is 67.6 Å². The number of hydrogen-bond donors (Lipinski definition) is 1. The Morgan fingerprint density at radius 1 is 0.875 bits per heavy atom. The van der Waals surface area contributed by atoms with E-state index in [0.29, 0.717) is 10.8 Å². The van der Waals surface area contributed by atoms with Crippen LogP contribution in [0, 0.1) is 0 Å². The molecule has 4 rings (SSSR count). The van der Waals surface area contributed by atoms with Gasteiger partial charge < -0.3 is 15.0 Å². The van der Waals surface area contributed by atoms with Crippen molar-refractivity contribution in [1.29, 1.82) is 0 Å². The summed E-state index contributed by atoms with van der Waals surface area (Å²) in [5, 5.41) is 3.57. The van der Waals surface area contributed by atoms with E-state index >= 15 is 0 Å². The summed E-state index contributed by atoms with van der Waals surface area (Å²) in [7, 11) is -4.28. The third-order valence-corrected chi connectivity index (χ3v) is 10.2. The van der Waals surface area contributed by atoms with Gasteiger partial charge in [0.2, 0.25) is 11.8 Å². The molecule has 0 aliphatic heterocycles. The molecule has 2 amide bonds. The van der Waals surface area contributed by atoms with Crippen LogP contribution in [0.4, 0.5) is 5.69 Å². The number of amides is 2. The van der Waals surface area contributed by atoms with Crippen molar-refractivity contribution >= 4 is 50.9 Å². The predicted octanol–water partition coefficient (Wildman–Crippen LogP) is 7.21. The summed E-state index contributed by atoms with van der Waals surface area (Å²) in [4.78, 5) is 31.1. The quantitative estimate of drug-likeness (QED) is 0.139. The maximum Gasteiger partial charge on any atom is 0.264 e. The lowest BCUT2D eigenvalue weighted by Gasteiger charge is -2.35. The van der Waals surface area contributed by atoms with Gasteiger partial charge in [0.05, 0.1) is 17.2 Å². The van der Waals surface area contributed by atoms with Crippen molar-refractivity contribution < 1.29 is 22.7 Å². The van der Waals surface area contributed by atoms with Gasteiger partial charge in [0, 0.05) is 28.4 Å². The Morgan fingerprint density at radius 2 is 1.50 bits per heavy atom. The molecule has 0 saturated carbocycles. The van der Waals surface area contributed by atoms with Gasteiger partial charge in [-0.2, -0.15) is 0 Å². The first-order valence-electron chi connectivity index (χ1n) is 15.6. The van der Waals surface area contributed by atoms with Crippen LogP contribution in [0.25, 0.3) is 0 Å². The highest BCUT2D eigenvalue weighted by Gasteiger charge is 2.36. The number of hydrogen-bond acceptors (Lipinski definition) is 6. The van der Waals surface area contributed by atoms with E-state index in [1.165, 1.54) is 28.8 Å². The van der Waals surface area contributed by atoms with E-state index in [4.69, 9.17) is 16.3 Å². The Kier molecular flexibility index (Phi) is 12.6. The largest absolute Gasteiger partial charge is 0.492 e. The van der Waals surface area contributed by atoms with Crippen LogP contribution in [-0.2, 0) is 32.6 Å². The van der Waals surface area contributed by atoms with Crippen molar-refractivity contribution in [2.45, 2.75) is 62.0 Å². The molecule has 48 heavy (non-hydrogen) atoms. The number of carbonyl (C=O) groups is 2. The fourth-order valence-corrected chi connectivity index (χ4v) is 7.08. The molecule has 0 unspecified atom stereocenters. The zero-order valence-corrected chi connectivity index (χ0v) is 30.2. The Hall–Kier alpha value is -3.99. The molecule has 4 aromatic carbocycles. The zero-order chi connectivity index (χ0) is 34.9. The fraction of sp³-hybridized carbons (Fsp3) is 0.297. The van der Waals surface area contributed by atoms with Crippen molar-refractivity contribution in [2.24, 2.45) is 0 Å². The number of anilines is 1. The molecule has 0 saturated heterocycles. The third-order valence-electron chi connectivity index (χ3n) is 7.40. The van der Waals surface area contributed by atoms with E-state index in [9.17, 15) is 18.0 Å². The summed E-state index contributed by atoms with van der Waals surface area (Å²) in [6.07, 6.45) is 2.12. The first-order chi connectivity index (χ1) is 22.8. The molecule has 0 aliphatic carbocycles. The van der Waals surface area contributed by atoms with Crippen LogP contribution in [0.15, 0.2) is 113 Å². The van der Waals surface area contributed by atoms with Gasteiger partial charge in [-0.1, -0.05) is 66.2 Å². The second kappa shape index (κ2) is 16.4.